The highest BCUT2D eigenvalue weighted by atomic mass is 19.1. The summed E-state index contributed by atoms with van der Waals surface area (Å²) >= 11 is 0. The number of hydrogen-bond acceptors (Lipinski definition) is 2. The van der Waals surface area contributed by atoms with E-state index in [4.69, 9.17) is 5.26 Å². The van der Waals surface area contributed by atoms with Gasteiger partial charge >= 0.3 is 0 Å². The predicted molar refractivity (Wildman–Crippen MR) is 62.3 cm³/mol. The molecule has 0 amide bonds. The van der Waals surface area contributed by atoms with E-state index in [1.54, 1.807) is 6.07 Å². The standard InChI is InChI=1S/C13H17FN2/c1-3-13(7-8-15)16-10(2)11-5-4-6-12(14)9-11/h4-6,9-10,13,16H,3,7H2,1-2H3/t10-,13?/m1/s1. The van der Waals surface area contributed by atoms with Crippen molar-refractivity contribution in [3.63, 3.8) is 0 Å². The number of nitriles is 1. The number of nitrogens with zero attached hydrogens (tertiary/aromatic N) is 1. The fourth-order valence-electron chi connectivity index (χ4n) is 1.66. The summed E-state index contributed by atoms with van der Waals surface area (Å²) in [5.74, 6) is -0.223. The second-order valence-corrected chi connectivity index (χ2v) is 3.91. The highest BCUT2D eigenvalue weighted by Gasteiger charge is 2.11. The number of benzene rings is 1. The van der Waals surface area contributed by atoms with Gasteiger partial charge in [0, 0.05) is 12.1 Å². The second kappa shape index (κ2) is 6.24. The van der Waals surface area contributed by atoms with Gasteiger partial charge in [0.15, 0.2) is 0 Å². The third-order valence-electron chi connectivity index (χ3n) is 2.66. The molecule has 1 aromatic carbocycles. The molecule has 86 valence electrons. The molecule has 0 fully saturated rings. The van der Waals surface area contributed by atoms with Gasteiger partial charge in [-0.2, -0.15) is 5.26 Å². The molecule has 0 aliphatic rings. The van der Waals surface area contributed by atoms with E-state index in [0.717, 1.165) is 12.0 Å². The molecule has 3 heteroatoms. The molecule has 0 aromatic heterocycles. The molecular formula is C13H17FN2. The molecule has 0 aliphatic carbocycles. The average molecular weight is 220 g/mol. The Morgan fingerprint density at radius 3 is 2.81 bits per heavy atom. The van der Waals surface area contributed by atoms with Gasteiger partial charge in [-0.15, -0.1) is 0 Å². The van der Waals surface area contributed by atoms with Gasteiger partial charge in [0.25, 0.3) is 0 Å². The van der Waals surface area contributed by atoms with Crippen LogP contribution >= 0.6 is 0 Å². The Labute approximate surface area is 96.1 Å². The van der Waals surface area contributed by atoms with Crippen LogP contribution in [-0.2, 0) is 0 Å². The van der Waals surface area contributed by atoms with Crippen molar-refractivity contribution < 1.29 is 4.39 Å². The van der Waals surface area contributed by atoms with Crippen molar-refractivity contribution in [3.8, 4) is 6.07 Å². The first kappa shape index (κ1) is 12.7. The van der Waals surface area contributed by atoms with Crippen LogP contribution in [0.2, 0.25) is 0 Å². The van der Waals surface area contributed by atoms with Crippen molar-refractivity contribution in [1.29, 1.82) is 5.26 Å². The van der Waals surface area contributed by atoms with E-state index in [1.807, 2.05) is 19.9 Å². The van der Waals surface area contributed by atoms with Crippen LogP contribution in [0, 0.1) is 17.1 Å². The van der Waals surface area contributed by atoms with Crippen LogP contribution < -0.4 is 5.32 Å². The molecule has 0 heterocycles. The Bertz CT molecular complexity index is 370. The fourth-order valence-corrected chi connectivity index (χ4v) is 1.66. The van der Waals surface area contributed by atoms with Gasteiger partial charge in [-0.25, -0.2) is 4.39 Å². The van der Waals surface area contributed by atoms with Crippen molar-refractivity contribution in [2.75, 3.05) is 0 Å². The Morgan fingerprint density at radius 1 is 1.50 bits per heavy atom. The van der Waals surface area contributed by atoms with Gasteiger partial charge in [-0.3, -0.25) is 0 Å². The molecule has 1 rings (SSSR count). The molecule has 0 radical (unpaired) electrons. The normalized spacial score (nSPS) is 14.1. The van der Waals surface area contributed by atoms with Crippen LogP contribution in [0.5, 0.6) is 0 Å². The van der Waals surface area contributed by atoms with Gasteiger partial charge in [0.05, 0.1) is 12.5 Å². The van der Waals surface area contributed by atoms with E-state index in [-0.39, 0.29) is 17.9 Å². The molecule has 1 aromatic rings. The molecule has 1 unspecified atom stereocenters. The summed E-state index contributed by atoms with van der Waals surface area (Å²) in [6.45, 7) is 4.02. The molecule has 0 aliphatic heterocycles. The predicted octanol–water partition coefficient (Wildman–Crippen LogP) is 3.17. The lowest BCUT2D eigenvalue weighted by Gasteiger charge is -2.20. The molecule has 0 saturated carbocycles. The third-order valence-corrected chi connectivity index (χ3v) is 2.66. The molecule has 2 nitrogen and oxygen atoms in total. The maximum atomic E-state index is 13.0. The van der Waals surface area contributed by atoms with E-state index >= 15 is 0 Å². The second-order valence-electron chi connectivity index (χ2n) is 3.91. The fraction of sp³-hybridized carbons (Fsp3) is 0.462. The number of halogens is 1. The SMILES string of the molecule is CCC(CC#N)N[C@H](C)c1cccc(F)c1. The zero-order valence-corrected chi connectivity index (χ0v) is 9.70. The van der Waals surface area contributed by atoms with Crippen molar-refractivity contribution in [3.05, 3.63) is 35.6 Å². The highest BCUT2D eigenvalue weighted by Crippen LogP contribution is 2.15. The lowest BCUT2D eigenvalue weighted by Crippen LogP contribution is -2.30. The van der Waals surface area contributed by atoms with Crippen LogP contribution in [0.4, 0.5) is 4.39 Å². The minimum Gasteiger partial charge on any atom is -0.306 e. The smallest absolute Gasteiger partial charge is 0.123 e. The molecule has 2 atom stereocenters. The van der Waals surface area contributed by atoms with E-state index in [2.05, 4.69) is 11.4 Å². The molecule has 0 spiro atoms. The minimum atomic E-state index is -0.223. The summed E-state index contributed by atoms with van der Waals surface area (Å²) in [7, 11) is 0. The Morgan fingerprint density at radius 2 is 2.25 bits per heavy atom. The Kier molecular flexibility index (Phi) is 4.94. The molecular weight excluding hydrogens is 203 g/mol. The minimum absolute atomic E-state index is 0.0639. The summed E-state index contributed by atoms with van der Waals surface area (Å²) in [4.78, 5) is 0. The van der Waals surface area contributed by atoms with Gasteiger partial charge in [-0.1, -0.05) is 19.1 Å². The number of nitrogens with one attached hydrogen (secondary N) is 1. The lowest BCUT2D eigenvalue weighted by molar-refractivity contribution is 0.446. The number of hydrogen-bond donors (Lipinski definition) is 1. The molecule has 1 N–H and O–H groups in total. The van der Waals surface area contributed by atoms with E-state index in [9.17, 15) is 4.39 Å². The zero-order valence-electron chi connectivity index (χ0n) is 9.70. The van der Waals surface area contributed by atoms with Gasteiger partial charge in [0.2, 0.25) is 0 Å². The largest absolute Gasteiger partial charge is 0.306 e. The van der Waals surface area contributed by atoms with Crippen LogP contribution in [0.3, 0.4) is 0 Å². The van der Waals surface area contributed by atoms with E-state index in [1.165, 1.54) is 12.1 Å². The molecule has 16 heavy (non-hydrogen) atoms. The topological polar surface area (TPSA) is 35.8 Å². The van der Waals surface area contributed by atoms with Crippen molar-refractivity contribution in [2.24, 2.45) is 0 Å². The van der Waals surface area contributed by atoms with E-state index in [0.29, 0.717) is 6.42 Å². The summed E-state index contributed by atoms with van der Waals surface area (Å²) in [6.07, 6.45) is 1.38. The van der Waals surface area contributed by atoms with Gasteiger partial charge < -0.3 is 5.32 Å². The third kappa shape index (κ3) is 3.63. The summed E-state index contributed by atoms with van der Waals surface area (Å²) < 4.78 is 13.0. The van der Waals surface area contributed by atoms with E-state index < -0.39 is 0 Å². The summed E-state index contributed by atoms with van der Waals surface area (Å²) in [5.41, 5.74) is 0.913. The van der Waals surface area contributed by atoms with Crippen molar-refractivity contribution in [1.82, 2.24) is 5.32 Å². The quantitative estimate of drug-likeness (QED) is 0.827. The first-order valence-electron chi connectivity index (χ1n) is 5.55. The van der Waals surface area contributed by atoms with Crippen molar-refractivity contribution >= 4 is 0 Å². The average Bonchev–Trinajstić information content (AvgIpc) is 2.28. The Hall–Kier alpha value is -1.40. The van der Waals surface area contributed by atoms with Gasteiger partial charge in [-0.05, 0) is 31.0 Å². The number of rotatable bonds is 5. The van der Waals surface area contributed by atoms with Crippen LogP contribution in [-0.4, -0.2) is 6.04 Å². The zero-order chi connectivity index (χ0) is 12.0. The summed E-state index contributed by atoms with van der Waals surface area (Å²) in [5, 5.41) is 12.0. The first-order chi connectivity index (χ1) is 7.67. The Balaban J connectivity index is 2.64. The van der Waals surface area contributed by atoms with Gasteiger partial charge in [0.1, 0.15) is 5.82 Å². The van der Waals surface area contributed by atoms with Crippen LogP contribution in [0.1, 0.15) is 38.3 Å². The van der Waals surface area contributed by atoms with Crippen LogP contribution in [0.15, 0.2) is 24.3 Å². The summed E-state index contributed by atoms with van der Waals surface area (Å²) in [6, 6.07) is 8.93. The maximum absolute atomic E-state index is 13.0. The lowest BCUT2D eigenvalue weighted by atomic mass is 10.1. The highest BCUT2D eigenvalue weighted by molar-refractivity contribution is 5.19. The monoisotopic (exact) mass is 220 g/mol. The van der Waals surface area contributed by atoms with Crippen LogP contribution in [0.25, 0.3) is 0 Å². The maximum Gasteiger partial charge on any atom is 0.123 e. The molecule has 0 bridgehead atoms. The molecule has 0 saturated heterocycles. The first-order valence-corrected chi connectivity index (χ1v) is 5.55. The van der Waals surface area contributed by atoms with Crippen molar-refractivity contribution in [2.45, 2.75) is 38.8 Å².